The molecule has 3 rings (SSSR count). The quantitative estimate of drug-likeness (QED) is 0.786. The highest BCUT2D eigenvalue weighted by Crippen LogP contribution is 2.41. The molecule has 1 aliphatic rings. The van der Waals surface area contributed by atoms with Crippen molar-refractivity contribution in [3.63, 3.8) is 0 Å². The van der Waals surface area contributed by atoms with Gasteiger partial charge < -0.3 is 14.5 Å². The number of hydrogen-bond donors (Lipinski definition) is 1. The minimum atomic E-state index is 0.157. The van der Waals surface area contributed by atoms with Gasteiger partial charge in [0.05, 0.1) is 12.1 Å². The Labute approximate surface area is 126 Å². The van der Waals surface area contributed by atoms with Crippen molar-refractivity contribution >= 4 is 11.0 Å². The van der Waals surface area contributed by atoms with E-state index >= 15 is 0 Å². The van der Waals surface area contributed by atoms with Gasteiger partial charge in [0.15, 0.2) is 0 Å². The first-order chi connectivity index (χ1) is 10.3. The van der Waals surface area contributed by atoms with Gasteiger partial charge in [0.25, 0.3) is 0 Å². The fraction of sp³-hybridized carbons (Fsp3) is 0.556. The molecule has 3 nitrogen and oxygen atoms in total. The molecule has 0 radical (unpaired) electrons. The Kier molecular flexibility index (Phi) is 4.61. The fourth-order valence-corrected chi connectivity index (χ4v) is 2.96. The average Bonchev–Trinajstić information content (AvgIpc) is 3.25. The lowest BCUT2D eigenvalue weighted by atomic mass is 10.0. The average molecular weight is 287 g/mol. The van der Waals surface area contributed by atoms with E-state index in [1.165, 1.54) is 18.2 Å². The Hall–Kier alpha value is -1.32. The molecule has 1 saturated carbocycles. The van der Waals surface area contributed by atoms with Gasteiger partial charge in [-0.1, -0.05) is 25.1 Å². The van der Waals surface area contributed by atoms with E-state index in [2.05, 4.69) is 37.4 Å². The standard InChI is InChI=1S/C18H25NO2/c1-3-11-19-17(18(20-4-2)13-9-10-13)16-12-14-7-5-6-8-15(14)21-16/h5-8,12-13,17-19H,3-4,9-11H2,1-2H3. The van der Waals surface area contributed by atoms with Crippen molar-refractivity contribution in [2.75, 3.05) is 13.2 Å². The van der Waals surface area contributed by atoms with Gasteiger partial charge in [0.2, 0.25) is 0 Å². The van der Waals surface area contributed by atoms with Crippen LogP contribution in [0.4, 0.5) is 0 Å². The van der Waals surface area contributed by atoms with Crippen molar-refractivity contribution < 1.29 is 9.15 Å². The predicted octanol–water partition coefficient (Wildman–Crippen LogP) is 4.29. The third kappa shape index (κ3) is 3.30. The Morgan fingerprint density at radius 1 is 1.29 bits per heavy atom. The van der Waals surface area contributed by atoms with Gasteiger partial charge in [-0.15, -0.1) is 0 Å². The summed E-state index contributed by atoms with van der Waals surface area (Å²) in [4.78, 5) is 0. The molecule has 0 aliphatic heterocycles. The third-order valence-electron chi connectivity index (χ3n) is 4.14. The van der Waals surface area contributed by atoms with Gasteiger partial charge in [0.1, 0.15) is 11.3 Å². The van der Waals surface area contributed by atoms with E-state index in [-0.39, 0.29) is 12.1 Å². The number of para-hydroxylation sites is 1. The van der Waals surface area contributed by atoms with Gasteiger partial charge in [-0.25, -0.2) is 0 Å². The lowest BCUT2D eigenvalue weighted by Crippen LogP contribution is -2.35. The maximum Gasteiger partial charge on any atom is 0.134 e. The molecule has 21 heavy (non-hydrogen) atoms. The van der Waals surface area contributed by atoms with Crippen molar-refractivity contribution in [3.05, 3.63) is 36.1 Å². The summed E-state index contributed by atoms with van der Waals surface area (Å²) in [6, 6.07) is 10.5. The predicted molar refractivity (Wildman–Crippen MR) is 85.4 cm³/mol. The molecule has 1 aromatic heterocycles. The highest BCUT2D eigenvalue weighted by Gasteiger charge is 2.39. The second kappa shape index (κ2) is 6.63. The summed E-state index contributed by atoms with van der Waals surface area (Å²) in [6.07, 6.45) is 3.88. The zero-order valence-corrected chi connectivity index (χ0v) is 13.0. The molecule has 2 atom stereocenters. The Balaban J connectivity index is 1.89. The topological polar surface area (TPSA) is 34.4 Å². The van der Waals surface area contributed by atoms with Gasteiger partial charge >= 0.3 is 0 Å². The first-order valence-electron chi connectivity index (χ1n) is 8.17. The van der Waals surface area contributed by atoms with E-state index in [0.29, 0.717) is 5.92 Å². The van der Waals surface area contributed by atoms with Crippen LogP contribution in [0.1, 0.15) is 44.9 Å². The first kappa shape index (κ1) is 14.6. The van der Waals surface area contributed by atoms with Crippen molar-refractivity contribution in [2.45, 2.75) is 45.3 Å². The van der Waals surface area contributed by atoms with Crippen LogP contribution in [0, 0.1) is 5.92 Å². The number of benzene rings is 1. The largest absolute Gasteiger partial charge is 0.459 e. The van der Waals surface area contributed by atoms with E-state index in [4.69, 9.17) is 9.15 Å². The molecular formula is C18H25NO2. The minimum Gasteiger partial charge on any atom is -0.459 e. The van der Waals surface area contributed by atoms with Crippen molar-refractivity contribution in [3.8, 4) is 0 Å². The second-order valence-electron chi connectivity index (χ2n) is 5.88. The van der Waals surface area contributed by atoms with E-state index < -0.39 is 0 Å². The molecule has 0 bridgehead atoms. The third-order valence-corrected chi connectivity index (χ3v) is 4.14. The van der Waals surface area contributed by atoms with Crippen LogP contribution in [-0.4, -0.2) is 19.3 Å². The number of rotatable bonds is 8. The van der Waals surface area contributed by atoms with Crippen LogP contribution in [0.15, 0.2) is 34.7 Å². The fourth-order valence-electron chi connectivity index (χ4n) is 2.96. The first-order valence-corrected chi connectivity index (χ1v) is 8.17. The summed E-state index contributed by atoms with van der Waals surface area (Å²) in [5.74, 6) is 1.68. The number of hydrogen-bond acceptors (Lipinski definition) is 3. The normalized spacial score (nSPS) is 18.0. The highest BCUT2D eigenvalue weighted by molar-refractivity contribution is 5.77. The van der Waals surface area contributed by atoms with Crippen LogP contribution in [0.25, 0.3) is 11.0 Å². The molecule has 1 aromatic carbocycles. The Bertz CT molecular complexity index is 540. The minimum absolute atomic E-state index is 0.157. The SMILES string of the molecule is CCCNC(c1cc2ccccc2o1)C(OCC)C1CC1. The summed E-state index contributed by atoms with van der Waals surface area (Å²) in [7, 11) is 0. The molecule has 1 heterocycles. The molecule has 0 amide bonds. The Morgan fingerprint density at radius 3 is 2.76 bits per heavy atom. The summed E-state index contributed by atoms with van der Waals surface area (Å²) in [6.45, 7) is 6.00. The summed E-state index contributed by atoms with van der Waals surface area (Å²) in [5, 5.41) is 4.80. The van der Waals surface area contributed by atoms with Crippen LogP contribution in [0.3, 0.4) is 0 Å². The highest BCUT2D eigenvalue weighted by atomic mass is 16.5. The van der Waals surface area contributed by atoms with Crippen LogP contribution >= 0.6 is 0 Å². The molecule has 1 N–H and O–H groups in total. The van der Waals surface area contributed by atoms with Gasteiger partial charge in [-0.3, -0.25) is 0 Å². The van der Waals surface area contributed by atoms with Gasteiger partial charge in [0, 0.05) is 12.0 Å². The molecule has 114 valence electrons. The summed E-state index contributed by atoms with van der Waals surface area (Å²) in [5.41, 5.74) is 0.960. The van der Waals surface area contributed by atoms with Gasteiger partial charge in [-0.2, -0.15) is 0 Å². The summed E-state index contributed by atoms with van der Waals surface area (Å²) < 4.78 is 12.1. The van der Waals surface area contributed by atoms with Crippen molar-refractivity contribution in [1.82, 2.24) is 5.32 Å². The van der Waals surface area contributed by atoms with Crippen LogP contribution in [0.2, 0.25) is 0 Å². The molecule has 0 saturated heterocycles. The number of nitrogens with one attached hydrogen (secondary N) is 1. The smallest absolute Gasteiger partial charge is 0.134 e. The van der Waals surface area contributed by atoms with E-state index in [9.17, 15) is 0 Å². The zero-order chi connectivity index (χ0) is 14.7. The molecule has 3 heteroatoms. The number of ether oxygens (including phenoxy) is 1. The summed E-state index contributed by atoms with van der Waals surface area (Å²) >= 11 is 0. The maximum absolute atomic E-state index is 6.09. The Morgan fingerprint density at radius 2 is 2.10 bits per heavy atom. The van der Waals surface area contributed by atoms with E-state index in [0.717, 1.165) is 30.9 Å². The molecule has 2 unspecified atom stereocenters. The number of furan rings is 1. The maximum atomic E-state index is 6.09. The van der Waals surface area contributed by atoms with E-state index in [1.807, 2.05) is 12.1 Å². The molecule has 2 aromatic rings. The van der Waals surface area contributed by atoms with Crippen LogP contribution in [-0.2, 0) is 4.74 Å². The zero-order valence-electron chi connectivity index (χ0n) is 13.0. The number of fused-ring (bicyclic) bond motifs is 1. The second-order valence-corrected chi connectivity index (χ2v) is 5.88. The van der Waals surface area contributed by atoms with E-state index in [1.54, 1.807) is 0 Å². The monoisotopic (exact) mass is 287 g/mol. The molecule has 1 fully saturated rings. The van der Waals surface area contributed by atoms with Crippen molar-refractivity contribution in [1.29, 1.82) is 0 Å². The molecular weight excluding hydrogens is 262 g/mol. The molecule has 1 aliphatic carbocycles. The van der Waals surface area contributed by atoms with Gasteiger partial charge in [-0.05, 0) is 50.8 Å². The van der Waals surface area contributed by atoms with Crippen LogP contribution < -0.4 is 5.32 Å². The lowest BCUT2D eigenvalue weighted by molar-refractivity contribution is 0.0136. The van der Waals surface area contributed by atoms with Crippen LogP contribution in [0.5, 0.6) is 0 Å². The lowest BCUT2D eigenvalue weighted by Gasteiger charge is -2.26. The van der Waals surface area contributed by atoms with Crippen molar-refractivity contribution in [2.24, 2.45) is 5.92 Å². The molecule has 0 spiro atoms.